The van der Waals surface area contributed by atoms with Gasteiger partial charge in [-0.2, -0.15) is 0 Å². The zero-order chi connectivity index (χ0) is 14.9. The first kappa shape index (κ1) is 14.4. The van der Waals surface area contributed by atoms with Gasteiger partial charge in [0.2, 0.25) is 0 Å². The van der Waals surface area contributed by atoms with Crippen molar-refractivity contribution in [1.82, 2.24) is 4.98 Å². The number of fused-ring (bicyclic) bond motifs is 1. The van der Waals surface area contributed by atoms with Gasteiger partial charge in [0.25, 0.3) is 0 Å². The van der Waals surface area contributed by atoms with Crippen LogP contribution in [0.4, 0.5) is 5.69 Å². The smallest absolute Gasteiger partial charge is 0.195 e. The highest BCUT2D eigenvalue weighted by Crippen LogP contribution is 2.30. The number of aryl methyl sites for hydroxylation is 1. The third kappa shape index (κ3) is 3.05. The lowest BCUT2D eigenvalue weighted by molar-refractivity contribution is -0.0708. The lowest BCUT2D eigenvalue weighted by Crippen LogP contribution is -2.41. The van der Waals surface area contributed by atoms with Crippen LogP contribution in [-0.2, 0) is 11.2 Å². The van der Waals surface area contributed by atoms with Crippen LogP contribution in [0.1, 0.15) is 45.9 Å². The van der Waals surface area contributed by atoms with Crippen molar-refractivity contribution in [1.29, 1.82) is 0 Å². The average Bonchev–Trinajstić information content (AvgIpc) is 2.90. The maximum absolute atomic E-state index is 5.90. The van der Waals surface area contributed by atoms with Gasteiger partial charge < -0.3 is 14.5 Å². The Hall–Kier alpha value is -1.55. The number of oxazole rings is 1. The summed E-state index contributed by atoms with van der Waals surface area (Å²) in [6.07, 6.45) is 3.97. The molecule has 1 aromatic heterocycles. The largest absolute Gasteiger partial charge is 0.441 e. The molecule has 2 aromatic rings. The van der Waals surface area contributed by atoms with Gasteiger partial charge in [0.1, 0.15) is 5.52 Å². The Morgan fingerprint density at radius 1 is 1.38 bits per heavy atom. The molecule has 114 valence electrons. The van der Waals surface area contributed by atoms with Gasteiger partial charge in [0.15, 0.2) is 11.5 Å². The third-order valence-corrected chi connectivity index (χ3v) is 4.45. The molecular weight excluding hydrogens is 264 g/mol. The van der Waals surface area contributed by atoms with E-state index in [1.807, 2.05) is 6.07 Å². The van der Waals surface area contributed by atoms with E-state index in [0.717, 1.165) is 55.0 Å². The predicted octanol–water partition coefficient (Wildman–Crippen LogP) is 4.15. The summed E-state index contributed by atoms with van der Waals surface area (Å²) < 4.78 is 11.6. The van der Waals surface area contributed by atoms with E-state index >= 15 is 0 Å². The molecule has 4 nitrogen and oxygen atoms in total. The second-order valence-electron chi connectivity index (χ2n) is 6.13. The maximum atomic E-state index is 5.90. The van der Waals surface area contributed by atoms with E-state index in [4.69, 9.17) is 9.15 Å². The Morgan fingerprint density at radius 2 is 2.24 bits per heavy atom. The molecule has 3 rings (SSSR count). The standard InChI is InChI=1S/C17H24N2O2/c1-4-16-19-14-10-12(6-7-15(14)21-16)18-13-8-9-20-17(3,5-2)11-13/h6-7,10,13,18H,4-5,8-9,11H2,1-3H3. The minimum absolute atomic E-state index is 0.00326. The van der Waals surface area contributed by atoms with Gasteiger partial charge in [-0.1, -0.05) is 13.8 Å². The molecule has 1 aliphatic heterocycles. The Kier molecular flexibility index (Phi) is 3.89. The second-order valence-corrected chi connectivity index (χ2v) is 6.13. The van der Waals surface area contributed by atoms with Crippen LogP contribution in [0.15, 0.2) is 22.6 Å². The monoisotopic (exact) mass is 288 g/mol. The number of benzene rings is 1. The van der Waals surface area contributed by atoms with Gasteiger partial charge in [0.05, 0.1) is 5.60 Å². The summed E-state index contributed by atoms with van der Waals surface area (Å²) in [6, 6.07) is 6.61. The Morgan fingerprint density at radius 3 is 3.00 bits per heavy atom. The normalized spacial score (nSPS) is 26.1. The summed E-state index contributed by atoms with van der Waals surface area (Å²) in [6.45, 7) is 7.27. The molecule has 0 saturated carbocycles. The molecule has 1 saturated heterocycles. The van der Waals surface area contributed by atoms with E-state index in [2.05, 4.69) is 43.2 Å². The lowest BCUT2D eigenvalue weighted by atomic mass is 9.90. The molecule has 1 N–H and O–H groups in total. The van der Waals surface area contributed by atoms with Crippen molar-refractivity contribution in [3.63, 3.8) is 0 Å². The third-order valence-electron chi connectivity index (χ3n) is 4.45. The van der Waals surface area contributed by atoms with Crippen molar-refractivity contribution in [2.45, 2.75) is 58.1 Å². The van der Waals surface area contributed by atoms with Crippen molar-refractivity contribution in [2.75, 3.05) is 11.9 Å². The molecule has 0 radical (unpaired) electrons. The topological polar surface area (TPSA) is 47.3 Å². The number of anilines is 1. The first-order valence-corrected chi connectivity index (χ1v) is 7.92. The van der Waals surface area contributed by atoms with Crippen LogP contribution in [0.2, 0.25) is 0 Å². The first-order valence-electron chi connectivity index (χ1n) is 7.92. The number of nitrogens with one attached hydrogen (secondary N) is 1. The van der Waals surface area contributed by atoms with Gasteiger partial charge in [-0.15, -0.1) is 0 Å². The van der Waals surface area contributed by atoms with E-state index in [1.54, 1.807) is 0 Å². The van der Waals surface area contributed by atoms with Gasteiger partial charge in [0, 0.05) is 24.8 Å². The molecule has 0 aliphatic carbocycles. The zero-order valence-corrected chi connectivity index (χ0v) is 13.1. The van der Waals surface area contributed by atoms with Crippen molar-refractivity contribution < 1.29 is 9.15 Å². The van der Waals surface area contributed by atoms with Crippen LogP contribution < -0.4 is 5.32 Å². The quantitative estimate of drug-likeness (QED) is 0.918. The molecule has 1 aliphatic rings. The Balaban J connectivity index is 1.75. The molecule has 0 amide bonds. The van der Waals surface area contributed by atoms with E-state index < -0.39 is 0 Å². The fraction of sp³-hybridized carbons (Fsp3) is 0.588. The van der Waals surface area contributed by atoms with Crippen molar-refractivity contribution >= 4 is 16.8 Å². The van der Waals surface area contributed by atoms with Crippen molar-refractivity contribution in [3.05, 3.63) is 24.1 Å². The fourth-order valence-electron chi connectivity index (χ4n) is 2.95. The SMILES string of the molecule is CCc1nc2cc(NC3CCOC(C)(CC)C3)ccc2o1. The molecule has 1 fully saturated rings. The summed E-state index contributed by atoms with van der Waals surface area (Å²) in [7, 11) is 0. The molecule has 21 heavy (non-hydrogen) atoms. The van der Waals surface area contributed by atoms with Crippen LogP contribution in [-0.4, -0.2) is 23.2 Å². The fourth-order valence-corrected chi connectivity index (χ4v) is 2.95. The molecule has 2 heterocycles. The van der Waals surface area contributed by atoms with E-state index in [1.165, 1.54) is 0 Å². The van der Waals surface area contributed by atoms with Gasteiger partial charge in [-0.3, -0.25) is 0 Å². The van der Waals surface area contributed by atoms with Crippen LogP contribution in [0.5, 0.6) is 0 Å². The lowest BCUT2D eigenvalue weighted by Gasteiger charge is -2.38. The average molecular weight is 288 g/mol. The molecule has 2 atom stereocenters. The summed E-state index contributed by atoms with van der Waals surface area (Å²) >= 11 is 0. The van der Waals surface area contributed by atoms with Crippen LogP contribution in [0.25, 0.3) is 11.1 Å². The van der Waals surface area contributed by atoms with Crippen LogP contribution in [0, 0.1) is 0 Å². The summed E-state index contributed by atoms with van der Waals surface area (Å²) in [4.78, 5) is 4.50. The number of hydrogen-bond acceptors (Lipinski definition) is 4. The minimum Gasteiger partial charge on any atom is -0.441 e. The van der Waals surface area contributed by atoms with Crippen molar-refractivity contribution in [2.24, 2.45) is 0 Å². The number of hydrogen-bond donors (Lipinski definition) is 1. The van der Waals surface area contributed by atoms with Crippen LogP contribution in [0.3, 0.4) is 0 Å². The minimum atomic E-state index is 0.00326. The summed E-state index contributed by atoms with van der Waals surface area (Å²) in [5.41, 5.74) is 2.91. The molecule has 2 unspecified atom stereocenters. The number of aromatic nitrogens is 1. The number of ether oxygens (including phenoxy) is 1. The summed E-state index contributed by atoms with van der Waals surface area (Å²) in [5.74, 6) is 0.798. The van der Waals surface area contributed by atoms with Crippen molar-refractivity contribution in [3.8, 4) is 0 Å². The van der Waals surface area contributed by atoms with E-state index in [-0.39, 0.29) is 5.60 Å². The predicted molar refractivity (Wildman–Crippen MR) is 84.7 cm³/mol. The molecule has 1 aromatic carbocycles. The Bertz CT molecular complexity index is 622. The van der Waals surface area contributed by atoms with Gasteiger partial charge in [-0.25, -0.2) is 4.98 Å². The molecule has 4 heteroatoms. The van der Waals surface area contributed by atoms with Gasteiger partial charge >= 0.3 is 0 Å². The highest BCUT2D eigenvalue weighted by molar-refractivity contribution is 5.77. The highest BCUT2D eigenvalue weighted by Gasteiger charge is 2.31. The zero-order valence-electron chi connectivity index (χ0n) is 13.1. The van der Waals surface area contributed by atoms with Gasteiger partial charge in [-0.05, 0) is 44.4 Å². The summed E-state index contributed by atoms with van der Waals surface area (Å²) in [5, 5.41) is 3.63. The highest BCUT2D eigenvalue weighted by atomic mass is 16.5. The number of nitrogens with zero attached hydrogens (tertiary/aromatic N) is 1. The first-order chi connectivity index (χ1) is 10.1. The Labute approximate surface area is 125 Å². The second kappa shape index (κ2) is 5.68. The molecule has 0 bridgehead atoms. The molecule has 0 spiro atoms. The van der Waals surface area contributed by atoms with Crippen LogP contribution >= 0.6 is 0 Å². The van der Waals surface area contributed by atoms with E-state index in [0.29, 0.717) is 6.04 Å². The maximum Gasteiger partial charge on any atom is 0.195 e. The number of rotatable bonds is 4. The molecular formula is C17H24N2O2. The van der Waals surface area contributed by atoms with E-state index in [9.17, 15) is 0 Å².